The van der Waals surface area contributed by atoms with Crippen molar-refractivity contribution < 1.29 is 13.2 Å². The van der Waals surface area contributed by atoms with Crippen LogP contribution >= 0.6 is 11.3 Å². The Balaban J connectivity index is 1.77. The van der Waals surface area contributed by atoms with E-state index in [1.54, 1.807) is 40.5 Å². The zero-order valence-corrected chi connectivity index (χ0v) is 17.8. The third-order valence-electron chi connectivity index (χ3n) is 5.40. The third-order valence-corrected chi connectivity index (χ3v) is 7.75. The zero-order chi connectivity index (χ0) is 19.6. The van der Waals surface area contributed by atoms with Gasteiger partial charge in [-0.25, -0.2) is 8.42 Å². The lowest BCUT2D eigenvalue weighted by Gasteiger charge is -2.25. The predicted molar refractivity (Wildman–Crippen MR) is 110 cm³/mol. The molecule has 1 aliphatic carbocycles. The molecule has 0 unspecified atom stereocenters. The molecule has 1 aliphatic rings. The minimum atomic E-state index is -3.21. The van der Waals surface area contributed by atoms with Crippen LogP contribution < -0.4 is 0 Å². The fourth-order valence-corrected chi connectivity index (χ4v) is 5.38. The summed E-state index contributed by atoms with van der Waals surface area (Å²) in [6.45, 7) is 1.97. The summed E-state index contributed by atoms with van der Waals surface area (Å²) in [7, 11) is -1.40. The summed E-state index contributed by atoms with van der Waals surface area (Å²) in [4.78, 5) is 17.2. The first-order valence-electron chi connectivity index (χ1n) is 9.46. The van der Waals surface area contributed by atoms with Gasteiger partial charge >= 0.3 is 0 Å². The van der Waals surface area contributed by atoms with Crippen molar-refractivity contribution in [1.82, 2.24) is 4.90 Å². The van der Waals surface area contributed by atoms with Crippen LogP contribution in [0.2, 0.25) is 0 Å². The lowest BCUT2D eigenvalue weighted by Crippen LogP contribution is -2.29. The van der Waals surface area contributed by atoms with Gasteiger partial charge in [0.25, 0.3) is 5.91 Å². The highest BCUT2D eigenvalue weighted by Crippen LogP contribution is 2.31. The molecule has 1 amide bonds. The fourth-order valence-electron chi connectivity index (χ4n) is 3.52. The Hall–Kier alpha value is -1.66. The molecule has 0 saturated carbocycles. The van der Waals surface area contributed by atoms with Crippen molar-refractivity contribution >= 4 is 27.1 Å². The normalized spacial score (nSPS) is 16.1. The Morgan fingerprint density at radius 3 is 2.33 bits per heavy atom. The van der Waals surface area contributed by atoms with Gasteiger partial charge in [0.05, 0.1) is 15.8 Å². The van der Waals surface area contributed by atoms with Gasteiger partial charge in [0, 0.05) is 18.2 Å². The van der Waals surface area contributed by atoms with Crippen LogP contribution in [0.15, 0.2) is 35.2 Å². The van der Waals surface area contributed by atoms with Gasteiger partial charge in [-0.2, -0.15) is 0 Å². The maximum Gasteiger partial charge on any atom is 0.264 e. The van der Waals surface area contributed by atoms with Gasteiger partial charge in [0.2, 0.25) is 0 Å². The minimum Gasteiger partial charge on any atom is -0.334 e. The molecule has 1 heterocycles. The lowest BCUT2D eigenvalue weighted by atomic mass is 9.99. The predicted octanol–water partition coefficient (Wildman–Crippen LogP) is 4.64. The maximum atomic E-state index is 13.0. The summed E-state index contributed by atoms with van der Waals surface area (Å²) in [5, 5.41) is 0. The number of carbonyl (C=O) groups excluding carboxylic acids is 1. The van der Waals surface area contributed by atoms with Gasteiger partial charge in [-0.15, -0.1) is 11.3 Å². The highest BCUT2D eigenvalue weighted by molar-refractivity contribution is 7.90. The molecule has 3 rings (SSSR count). The highest BCUT2D eigenvalue weighted by Gasteiger charge is 2.23. The average Bonchev–Trinajstić information content (AvgIpc) is 3.01. The Kier molecular flexibility index (Phi) is 6.06. The van der Waals surface area contributed by atoms with Crippen LogP contribution in [0, 0.1) is 0 Å². The van der Waals surface area contributed by atoms with Gasteiger partial charge in [0.1, 0.15) is 0 Å². The van der Waals surface area contributed by atoms with Gasteiger partial charge in [-0.3, -0.25) is 4.79 Å². The Bertz CT molecular complexity index is 888. The Morgan fingerprint density at radius 2 is 1.70 bits per heavy atom. The molecular weight excluding hydrogens is 378 g/mol. The minimum absolute atomic E-state index is 0.0337. The van der Waals surface area contributed by atoms with E-state index in [0.29, 0.717) is 4.90 Å². The van der Waals surface area contributed by atoms with Gasteiger partial charge in [0.15, 0.2) is 9.84 Å². The number of carbonyl (C=O) groups is 1. The van der Waals surface area contributed by atoms with Crippen LogP contribution in [0.25, 0.3) is 0 Å². The smallest absolute Gasteiger partial charge is 0.264 e. The topological polar surface area (TPSA) is 54.5 Å². The molecule has 0 bridgehead atoms. The molecule has 146 valence electrons. The van der Waals surface area contributed by atoms with Gasteiger partial charge in [-0.1, -0.05) is 25.0 Å². The van der Waals surface area contributed by atoms with Crippen molar-refractivity contribution in [2.24, 2.45) is 0 Å². The van der Waals surface area contributed by atoms with Crippen LogP contribution in [0.4, 0.5) is 0 Å². The second-order valence-corrected chi connectivity index (χ2v) is 10.6. The van der Waals surface area contributed by atoms with Crippen molar-refractivity contribution in [3.05, 3.63) is 51.2 Å². The highest BCUT2D eigenvalue weighted by atomic mass is 32.2. The molecule has 2 aromatic rings. The number of rotatable bonds is 4. The van der Waals surface area contributed by atoms with Crippen molar-refractivity contribution in [1.29, 1.82) is 0 Å². The number of amides is 1. The fraction of sp³-hybridized carbons (Fsp3) is 0.476. The summed E-state index contributed by atoms with van der Waals surface area (Å²) < 4.78 is 23.2. The van der Waals surface area contributed by atoms with Crippen LogP contribution in [-0.4, -0.2) is 32.5 Å². The van der Waals surface area contributed by atoms with E-state index in [2.05, 4.69) is 6.07 Å². The molecular formula is C21H27NO3S2. The largest absolute Gasteiger partial charge is 0.334 e. The summed E-state index contributed by atoms with van der Waals surface area (Å²) in [6.07, 6.45) is 8.32. The molecule has 6 heteroatoms. The number of benzene rings is 1. The monoisotopic (exact) mass is 405 g/mol. The third kappa shape index (κ3) is 4.61. The molecule has 1 atom stereocenters. The quantitative estimate of drug-likeness (QED) is 0.744. The molecule has 4 nitrogen and oxygen atoms in total. The molecule has 0 aliphatic heterocycles. The SMILES string of the molecule is C[C@H](c1ccc(S(C)(=O)=O)cc1)N(C)C(=O)c1cc2c(s1)CCCCCC2. The molecule has 1 aromatic heterocycles. The summed E-state index contributed by atoms with van der Waals surface area (Å²) in [5.74, 6) is 0.0337. The Labute approximate surface area is 166 Å². The second kappa shape index (κ2) is 8.15. The Morgan fingerprint density at radius 1 is 1.07 bits per heavy atom. The molecule has 0 saturated heterocycles. The van der Waals surface area contributed by atoms with E-state index in [1.165, 1.54) is 42.4 Å². The average molecular weight is 406 g/mol. The zero-order valence-electron chi connectivity index (χ0n) is 16.2. The number of hydrogen-bond acceptors (Lipinski definition) is 4. The van der Waals surface area contributed by atoms with Crippen molar-refractivity contribution in [3.8, 4) is 0 Å². The summed E-state index contributed by atoms with van der Waals surface area (Å²) >= 11 is 1.64. The molecule has 0 fully saturated rings. The standard InChI is InChI=1S/C21H27NO3S2/c1-15(16-10-12-18(13-11-16)27(3,24)25)22(2)21(23)20-14-17-8-6-4-5-7-9-19(17)26-20/h10-15H,4-9H2,1-3H3/t15-/m1/s1. The van der Waals surface area contributed by atoms with Crippen LogP contribution in [0.5, 0.6) is 0 Å². The number of thiophene rings is 1. The van der Waals surface area contributed by atoms with E-state index in [-0.39, 0.29) is 11.9 Å². The number of hydrogen-bond donors (Lipinski definition) is 0. The lowest BCUT2D eigenvalue weighted by molar-refractivity contribution is 0.0747. The first-order valence-corrected chi connectivity index (χ1v) is 12.2. The van der Waals surface area contributed by atoms with Gasteiger partial charge in [-0.05, 0) is 61.9 Å². The van der Waals surface area contributed by atoms with Crippen LogP contribution in [-0.2, 0) is 22.7 Å². The number of nitrogens with zero attached hydrogens (tertiary/aromatic N) is 1. The van der Waals surface area contributed by atoms with Crippen molar-refractivity contribution in [2.45, 2.75) is 56.4 Å². The molecule has 0 N–H and O–H groups in total. The first-order chi connectivity index (χ1) is 12.8. The molecule has 27 heavy (non-hydrogen) atoms. The van der Waals surface area contributed by atoms with E-state index in [4.69, 9.17) is 0 Å². The summed E-state index contributed by atoms with van der Waals surface area (Å²) in [6, 6.07) is 8.75. The number of aryl methyl sites for hydroxylation is 2. The first kappa shape index (κ1) is 20.1. The number of fused-ring (bicyclic) bond motifs is 1. The van der Waals surface area contributed by atoms with Crippen molar-refractivity contribution in [3.63, 3.8) is 0 Å². The summed E-state index contributed by atoms with van der Waals surface area (Å²) in [5.41, 5.74) is 2.27. The molecule has 1 aromatic carbocycles. The molecule has 0 spiro atoms. The second-order valence-electron chi connectivity index (χ2n) is 7.41. The van der Waals surface area contributed by atoms with E-state index < -0.39 is 9.84 Å². The van der Waals surface area contributed by atoms with Crippen LogP contribution in [0.1, 0.15) is 64.3 Å². The van der Waals surface area contributed by atoms with Crippen molar-refractivity contribution in [2.75, 3.05) is 13.3 Å². The maximum absolute atomic E-state index is 13.0. The number of sulfone groups is 1. The van der Waals surface area contributed by atoms with Gasteiger partial charge < -0.3 is 4.90 Å². The van der Waals surface area contributed by atoms with E-state index in [9.17, 15) is 13.2 Å². The van der Waals surface area contributed by atoms with E-state index >= 15 is 0 Å². The van der Waals surface area contributed by atoms with Crippen LogP contribution in [0.3, 0.4) is 0 Å². The van der Waals surface area contributed by atoms with E-state index in [0.717, 1.165) is 23.3 Å². The molecule has 0 radical (unpaired) electrons. The van der Waals surface area contributed by atoms with E-state index in [1.807, 2.05) is 14.0 Å².